The molecule has 8 heteroatoms. The molecule has 0 radical (unpaired) electrons. The van der Waals surface area contributed by atoms with E-state index in [9.17, 15) is 18.4 Å². The van der Waals surface area contributed by atoms with Crippen molar-refractivity contribution in [2.45, 2.75) is 45.0 Å². The summed E-state index contributed by atoms with van der Waals surface area (Å²) in [4.78, 5) is 26.9. The minimum atomic E-state index is -0.776. The van der Waals surface area contributed by atoms with E-state index < -0.39 is 17.7 Å². The van der Waals surface area contributed by atoms with Gasteiger partial charge in [-0.2, -0.15) is 0 Å². The fraction of sp³-hybridized carbons (Fsp3) is 0.391. The Hall–Kier alpha value is -2.12. The molecule has 0 bridgehead atoms. The molecule has 2 rings (SSSR count). The Bertz CT molecular complexity index is 877. The van der Waals surface area contributed by atoms with E-state index in [0.29, 0.717) is 22.7 Å². The standard InChI is InChI=1S/C23H27ClF2N2O2S/c1-3-4-12-27-23(30)16(2)28(13-17-8-5-6-10-20(17)25)22(29)15-31-14-18-19(24)9-7-11-21(18)26/h5-11,16H,3-4,12-15H2,1-2H3,(H,27,30). The fourth-order valence-corrected chi connectivity index (χ4v) is 4.17. The summed E-state index contributed by atoms with van der Waals surface area (Å²) >= 11 is 7.24. The number of halogens is 3. The monoisotopic (exact) mass is 468 g/mol. The number of nitrogens with zero attached hydrogens (tertiary/aromatic N) is 1. The molecule has 31 heavy (non-hydrogen) atoms. The number of thioether (sulfide) groups is 1. The molecule has 1 N–H and O–H groups in total. The number of hydrogen-bond acceptors (Lipinski definition) is 3. The molecule has 168 valence electrons. The van der Waals surface area contributed by atoms with Gasteiger partial charge in [0.05, 0.1) is 5.75 Å². The van der Waals surface area contributed by atoms with Crippen LogP contribution in [0.1, 0.15) is 37.8 Å². The Balaban J connectivity index is 2.09. The number of amides is 2. The van der Waals surface area contributed by atoms with Gasteiger partial charge < -0.3 is 10.2 Å². The van der Waals surface area contributed by atoms with E-state index in [0.717, 1.165) is 12.8 Å². The normalized spacial score (nSPS) is 11.8. The molecule has 0 fully saturated rings. The van der Waals surface area contributed by atoms with Crippen molar-refractivity contribution >= 4 is 35.2 Å². The maximum atomic E-state index is 14.2. The largest absolute Gasteiger partial charge is 0.354 e. The summed E-state index contributed by atoms with van der Waals surface area (Å²) in [6, 6.07) is 9.81. The second-order valence-corrected chi connectivity index (χ2v) is 8.52. The molecule has 2 aromatic carbocycles. The van der Waals surface area contributed by atoms with E-state index in [1.54, 1.807) is 31.2 Å². The number of hydrogen-bond donors (Lipinski definition) is 1. The second-order valence-electron chi connectivity index (χ2n) is 7.13. The first-order chi connectivity index (χ1) is 14.8. The topological polar surface area (TPSA) is 49.4 Å². The van der Waals surface area contributed by atoms with Crippen molar-refractivity contribution in [2.24, 2.45) is 0 Å². The predicted octanol–water partition coefficient (Wildman–Crippen LogP) is 5.19. The van der Waals surface area contributed by atoms with Crippen LogP contribution < -0.4 is 5.32 Å². The Morgan fingerprint density at radius 1 is 1.13 bits per heavy atom. The highest BCUT2D eigenvalue weighted by atomic mass is 35.5. The lowest BCUT2D eigenvalue weighted by atomic mass is 10.1. The number of rotatable bonds is 11. The molecule has 0 heterocycles. The minimum absolute atomic E-state index is 0.00565. The Morgan fingerprint density at radius 2 is 1.84 bits per heavy atom. The van der Waals surface area contributed by atoms with Gasteiger partial charge in [-0.3, -0.25) is 9.59 Å². The number of benzene rings is 2. The molecule has 1 unspecified atom stereocenters. The molecule has 1 atom stereocenters. The Morgan fingerprint density at radius 3 is 2.52 bits per heavy atom. The third kappa shape index (κ3) is 7.51. The first-order valence-electron chi connectivity index (χ1n) is 10.2. The molecule has 0 aliphatic rings. The molecule has 0 saturated carbocycles. The molecule has 0 aromatic heterocycles. The highest BCUT2D eigenvalue weighted by Gasteiger charge is 2.26. The average molecular weight is 469 g/mol. The van der Waals surface area contributed by atoms with Gasteiger partial charge >= 0.3 is 0 Å². The van der Waals surface area contributed by atoms with Crippen LogP contribution in [-0.2, 0) is 21.9 Å². The van der Waals surface area contributed by atoms with E-state index in [4.69, 9.17) is 11.6 Å². The zero-order valence-corrected chi connectivity index (χ0v) is 19.2. The molecule has 4 nitrogen and oxygen atoms in total. The van der Waals surface area contributed by atoms with Crippen LogP contribution in [0.3, 0.4) is 0 Å². The molecule has 2 amide bonds. The fourth-order valence-electron chi connectivity index (χ4n) is 2.92. The van der Waals surface area contributed by atoms with Gasteiger partial charge in [0, 0.05) is 35.0 Å². The van der Waals surface area contributed by atoms with Crippen LogP contribution in [0.25, 0.3) is 0 Å². The van der Waals surface area contributed by atoms with Crippen molar-refractivity contribution in [2.75, 3.05) is 12.3 Å². The van der Waals surface area contributed by atoms with Gasteiger partial charge in [-0.05, 0) is 31.5 Å². The first kappa shape index (κ1) is 25.1. The van der Waals surface area contributed by atoms with Gasteiger partial charge in [-0.15, -0.1) is 11.8 Å². The summed E-state index contributed by atoms with van der Waals surface area (Å²) in [5, 5.41) is 3.11. The van der Waals surface area contributed by atoms with Crippen LogP contribution in [0.2, 0.25) is 5.02 Å². The molecule has 0 saturated heterocycles. The van der Waals surface area contributed by atoms with Gasteiger partial charge in [-0.25, -0.2) is 8.78 Å². The van der Waals surface area contributed by atoms with Crippen LogP contribution in [0, 0.1) is 11.6 Å². The molecule has 0 aliphatic carbocycles. The quantitative estimate of drug-likeness (QED) is 0.462. The summed E-state index contributed by atoms with van der Waals surface area (Å²) in [6.07, 6.45) is 1.76. The van der Waals surface area contributed by atoms with E-state index in [-0.39, 0.29) is 29.9 Å². The Kier molecular flexibility index (Phi) is 10.3. The number of carbonyl (C=O) groups excluding carboxylic acids is 2. The highest BCUT2D eigenvalue weighted by molar-refractivity contribution is 7.99. The van der Waals surface area contributed by atoms with Crippen LogP contribution in [0.4, 0.5) is 8.78 Å². The lowest BCUT2D eigenvalue weighted by Gasteiger charge is -2.29. The van der Waals surface area contributed by atoms with Crippen LogP contribution >= 0.6 is 23.4 Å². The van der Waals surface area contributed by atoms with Crippen molar-refractivity contribution in [3.05, 3.63) is 70.2 Å². The third-order valence-corrected chi connectivity index (χ3v) is 6.13. The Labute approximate surface area is 191 Å². The average Bonchev–Trinajstić information content (AvgIpc) is 2.74. The maximum absolute atomic E-state index is 14.2. The van der Waals surface area contributed by atoms with E-state index in [1.807, 2.05) is 6.92 Å². The lowest BCUT2D eigenvalue weighted by Crippen LogP contribution is -2.48. The smallest absolute Gasteiger partial charge is 0.242 e. The summed E-state index contributed by atoms with van der Waals surface area (Å²) in [6.45, 7) is 4.12. The van der Waals surface area contributed by atoms with E-state index in [2.05, 4.69) is 5.32 Å². The molecule has 0 spiro atoms. The highest BCUT2D eigenvalue weighted by Crippen LogP contribution is 2.24. The molecule has 2 aromatic rings. The summed E-state index contributed by atoms with van der Waals surface area (Å²) < 4.78 is 28.1. The van der Waals surface area contributed by atoms with Gasteiger partial charge in [0.25, 0.3) is 0 Å². The summed E-state index contributed by atoms with van der Waals surface area (Å²) in [5.41, 5.74) is 0.652. The van der Waals surface area contributed by atoms with Gasteiger partial charge in [0.1, 0.15) is 17.7 Å². The van der Waals surface area contributed by atoms with Gasteiger partial charge in [-0.1, -0.05) is 49.2 Å². The van der Waals surface area contributed by atoms with Crippen molar-refractivity contribution in [1.82, 2.24) is 10.2 Å². The zero-order valence-electron chi connectivity index (χ0n) is 17.7. The van der Waals surface area contributed by atoms with E-state index in [1.165, 1.54) is 34.9 Å². The maximum Gasteiger partial charge on any atom is 0.242 e. The SMILES string of the molecule is CCCCNC(=O)C(C)N(Cc1ccccc1F)C(=O)CSCc1c(F)cccc1Cl. The second kappa shape index (κ2) is 12.7. The zero-order chi connectivity index (χ0) is 22.8. The van der Waals surface area contributed by atoms with Crippen molar-refractivity contribution < 1.29 is 18.4 Å². The van der Waals surface area contributed by atoms with E-state index >= 15 is 0 Å². The van der Waals surface area contributed by atoms with Crippen LogP contribution in [0.5, 0.6) is 0 Å². The van der Waals surface area contributed by atoms with Gasteiger partial charge in [0.15, 0.2) is 0 Å². The van der Waals surface area contributed by atoms with Crippen molar-refractivity contribution in [3.8, 4) is 0 Å². The van der Waals surface area contributed by atoms with Gasteiger partial charge in [0.2, 0.25) is 11.8 Å². The number of nitrogens with one attached hydrogen (secondary N) is 1. The molecular formula is C23H27ClF2N2O2S. The number of unbranched alkanes of at least 4 members (excludes halogenated alkanes) is 1. The molecule has 0 aliphatic heterocycles. The van der Waals surface area contributed by atoms with Crippen molar-refractivity contribution in [3.63, 3.8) is 0 Å². The first-order valence-corrected chi connectivity index (χ1v) is 11.7. The molecular weight excluding hydrogens is 442 g/mol. The van der Waals surface area contributed by atoms with Crippen LogP contribution in [0.15, 0.2) is 42.5 Å². The van der Waals surface area contributed by atoms with Crippen LogP contribution in [-0.4, -0.2) is 35.1 Å². The van der Waals surface area contributed by atoms with Crippen molar-refractivity contribution in [1.29, 1.82) is 0 Å². The lowest BCUT2D eigenvalue weighted by molar-refractivity contribution is -0.138. The number of carbonyl (C=O) groups is 2. The summed E-state index contributed by atoms with van der Waals surface area (Å²) in [5.74, 6) is -1.28. The summed E-state index contributed by atoms with van der Waals surface area (Å²) in [7, 11) is 0. The minimum Gasteiger partial charge on any atom is -0.354 e. The predicted molar refractivity (Wildman–Crippen MR) is 122 cm³/mol. The third-order valence-electron chi connectivity index (χ3n) is 4.83.